The van der Waals surface area contributed by atoms with Crippen LogP contribution in [0.25, 0.3) is 39.2 Å². The molecular weight excluding hydrogens is 322 g/mol. The van der Waals surface area contributed by atoms with Crippen LogP contribution in [0.5, 0.6) is 0 Å². The molecule has 0 atom stereocenters. The fourth-order valence-electron chi connectivity index (χ4n) is 3.65. The van der Waals surface area contributed by atoms with Crippen molar-refractivity contribution in [2.75, 3.05) is 0 Å². The maximum Gasteiger partial charge on any atom is 0.182 e. The van der Waals surface area contributed by atoms with E-state index in [2.05, 4.69) is 47.7 Å². The van der Waals surface area contributed by atoms with Crippen molar-refractivity contribution in [3.05, 3.63) is 78.2 Å². The fraction of sp³-hybridized carbons (Fsp3) is 0.0909. The molecule has 0 N–H and O–H groups in total. The molecule has 0 amide bonds. The lowest BCUT2D eigenvalue weighted by Gasteiger charge is -2.15. The first-order valence-corrected chi connectivity index (χ1v) is 8.61. The number of imidazole rings is 1. The van der Waals surface area contributed by atoms with Crippen molar-refractivity contribution in [1.29, 1.82) is 0 Å². The topological polar surface area (TPSA) is 43.9 Å². The summed E-state index contributed by atoms with van der Waals surface area (Å²) in [4.78, 5) is 9.24. The molecule has 5 rings (SSSR count). The highest BCUT2D eigenvalue weighted by Crippen LogP contribution is 2.34. The van der Waals surface area contributed by atoms with Gasteiger partial charge in [0.2, 0.25) is 0 Å². The van der Waals surface area contributed by atoms with Gasteiger partial charge in [-0.3, -0.25) is 4.57 Å². The minimum absolute atomic E-state index is 0.760. The van der Waals surface area contributed by atoms with Gasteiger partial charge in [-0.2, -0.15) is 0 Å². The number of benzene rings is 3. The van der Waals surface area contributed by atoms with E-state index in [1.165, 1.54) is 17.5 Å². The van der Waals surface area contributed by atoms with Crippen molar-refractivity contribution < 1.29 is 4.42 Å². The molecule has 0 saturated heterocycles. The Balaban J connectivity index is 1.94. The Bertz CT molecular complexity index is 1240. The van der Waals surface area contributed by atoms with Gasteiger partial charge in [0.1, 0.15) is 11.3 Å². The van der Waals surface area contributed by atoms with E-state index in [1.807, 2.05) is 36.4 Å². The Labute approximate surface area is 150 Å². The van der Waals surface area contributed by atoms with E-state index in [0.717, 1.165) is 39.2 Å². The Morgan fingerprint density at radius 1 is 0.808 bits per heavy atom. The number of hydrogen-bond donors (Lipinski definition) is 0. The minimum Gasteiger partial charge on any atom is -0.443 e. The first-order valence-electron chi connectivity index (χ1n) is 8.61. The normalized spacial score (nSPS) is 11.5. The summed E-state index contributed by atoms with van der Waals surface area (Å²) < 4.78 is 7.92. The third kappa shape index (κ3) is 2.09. The zero-order chi connectivity index (χ0) is 17.7. The lowest BCUT2D eigenvalue weighted by Crippen LogP contribution is -2.02. The number of hydrogen-bond acceptors (Lipinski definition) is 3. The summed E-state index contributed by atoms with van der Waals surface area (Å²) in [7, 11) is 0. The van der Waals surface area contributed by atoms with Crippen LogP contribution in [0.2, 0.25) is 0 Å². The van der Waals surface area contributed by atoms with E-state index >= 15 is 0 Å². The van der Waals surface area contributed by atoms with E-state index in [4.69, 9.17) is 9.40 Å². The van der Waals surface area contributed by atoms with Gasteiger partial charge in [-0.05, 0) is 49.2 Å². The molecule has 0 radical (unpaired) electrons. The summed E-state index contributed by atoms with van der Waals surface area (Å²) in [6, 6.07) is 20.6. The van der Waals surface area contributed by atoms with Gasteiger partial charge in [0.15, 0.2) is 12.0 Å². The summed E-state index contributed by atoms with van der Waals surface area (Å²) in [6.45, 7) is 4.27. The molecular formula is C22H17N3O. The molecule has 2 heterocycles. The lowest BCUT2D eigenvalue weighted by molar-refractivity contribution is 0.602. The summed E-state index contributed by atoms with van der Waals surface area (Å²) in [5.74, 6) is 0.867. The number of nitrogens with zero attached hydrogens (tertiary/aromatic N) is 3. The van der Waals surface area contributed by atoms with Gasteiger partial charge in [-0.15, -0.1) is 0 Å². The highest BCUT2D eigenvalue weighted by Gasteiger charge is 2.19. The third-order valence-electron chi connectivity index (χ3n) is 4.82. The van der Waals surface area contributed by atoms with Gasteiger partial charge in [0.05, 0.1) is 22.3 Å². The first kappa shape index (κ1) is 14.9. The predicted octanol–water partition coefficient (Wildman–Crippen LogP) is 5.45. The first-order chi connectivity index (χ1) is 12.7. The van der Waals surface area contributed by atoms with Crippen LogP contribution in [0.15, 0.2) is 71.5 Å². The Morgan fingerprint density at radius 3 is 2.38 bits per heavy atom. The molecule has 26 heavy (non-hydrogen) atoms. The fourth-order valence-corrected chi connectivity index (χ4v) is 3.65. The van der Waals surface area contributed by atoms with E-state index in [1.54, 1.807) is 0 Å². The molecule has 0 aliphatic heterocycles. The minimum atomic E-state index is 0.760. The summed E-state index contributed by atoms with van der Waals surface area (Å²) in [5.41, 5.74) is 8.15. The molecule has 5 aromatic rings. The van der Waals surface area contributed by atoms with E-state index in [0.29, 0.717) is 0 Å². The lowest BCUT2D eigenvalue weighted by atomic mass is 10.1. The summed E-state index contributed by atoms with van der Waals surface area (Å²) >= 11 is 0. The quantitative estimate of drug-likeness (QED) is 0.429. The molecule has 4 heteroatoms. The highest BCUT2D eigenvalue weighted by atomic mass is 16.3. The van der Waals surface area contributed by atoms with Crippen LogP contribution in [0.3, 0.4) is 0 Å². The maximum absolute atomic E-state index is 5.69. The number of rotatable bonds is 2. The average molecular weight is 339 g/mol. The number of para-hydroxylation sites is 4. The molecule has 0 saturated carbocycles. The zero-order valence-electron chi connectivity index (χ0n) is 14.6. The number of fused-ring (bicyclic) bond motifs is 2. The number of oxazole rings is 1. The van der Waals surface area contributed by atoms with Gasteiger partial charge < -0.3 is 4.42 Å². The Kier molecular flexibility index (Phi) is 3.19. The van der Waals surface area contributed by atoms with Crippen LogP contribution >= 0.6 is 0 Å². The molecule has 0 unspecified atom stereocenters. The predicted molar refractivity (Wildman–Crippen MR) is 104 cm³/mol. The van der Waals surface area contributed by atoms with E-state index in [9.17, 15) is 0 Å². The SMILES string of the molecule is Cc1cccc(C)c1-n1c(-c2cccc3ncoc23)nc2ccccc21. The molecule has 0 fully saturated rings. The van der Waals surface area contributed by atoms with Crippen molar-refractivity contribution >= 4 is 22.1 Å². The molecule has 0 aliphatic carbocycles. The molecule has 0 bridgehead atoms. The van der Waals surface area contributed by atoms with Gasteiger partial charge in [0.25, 0.3) is 0 Å². The second kappa shape index (κ2) is 5.56. The van der Waals surface area contributed by atoms with Gasteiger partial charge in [-0.25, -0.2) is 9.97 Å². The Morgan fingerprint density at radius 2 is 1.54 bits per heavy atom. The standard InChI is InChI=1S/C22H17N3O/c1-14-7-5-8-15(2)20(14)25-19-12-4-3-10-17(19)24-22(25)16-9-6-11-18-21(16)26-13-23-18/h3-13H,1-2H3. The zero-order valence-corrected chi connectivity index (χ0v) is 14.6. The number of aromatic nitrogens is 3. The van der Waals surface area contributed by atoms with Crippen LogP contribution in [-0.2, 0) is 0 Å². The van der Waals surface area contributed by atoms with Gasteiger partial charge in [0, 0.05) is 0 Å². The largest absolute Gasteiger partial charge is 0.443 e. The van der Waals surface area contributed by atoms with Crippen molar-refractivity contribution in [2.45, 2.75) is 13.8 Å². The van der Waals surface area contributed by atoms with Gasteiger partial charge >= 0.3 is 0 Å². The third-order valence-corrected chi connectivity index (χ3v) is 4.82. The maximum atomic E-state index is 5.69. The van der Waals surface area contributed by atoms with Crippen LogP contribution in [0.1, 0.15) is 11.1 Å². The smallest absolute Gasteiger partial charge is 0.182 e. The van der Waals surface area contributed by atoms with Crippen LogP contribution in [0, 0.1) is 13.8 Å². The molecule has 0 spiro atoms. The highest BCUT2D eigenvalue weighted by molar-refractivity contribution is 5.92. The van der Waals surface area contributed by atoms with Crippen molar-refractivity contribution in [2.24, 2.45) is 0 Å². The van der Waals surface area contributed by atoms with Crippen molar-refractivity contribution in [1.82, 2.24) is 14.5 Å². The van der Waals surface area contributed by atoms with Crippen LogP contribution < -0.4 is 0 Å². The molecule has 2 aromatic heterocycles. The van der Waals surface area contributed by atoms with E-state index < -0.39 is 0 Å². The second-order valence-electron chi connectivity index (χ2n) is 6.51. The van der Waals surface area contributed by atoms with Crippen molar-refractivity contribution in [3.63, 3.8) is 0 Å². The van der Waals surface area contributed by atoms with Crippen LogP contribution in [0.4, 0.5) is 0 Å². The van der Waals surface area contributed by atoms with Crippen LogP contribution in [-0.4, -0.2) is 14.5 Å². The second-order valence-corrected chi connectivity index (χ2v) is 6.51. The molecule has 126 valence electrons. The summed E-state index contributed by atoms with van der Waals surface area (Å²) in [5, 5.41) is 0. The average Bonchev–Trinajstić information content (AvgIpc) is 3.26. The molecule has 4 nitrogen and oxygen atoms in total. The van der Waals surface area contributed by atoms with Crippen molar-refractivity contribution in [3.8, 4) is 17.1 Å². The summed E-state index contributed by atoms with van der Waals surface area (Å²) in [6.07, 6.45) is 1.49. The Hall–Kier alpha value is -3.40. The van der Waals surface area contributed by atoms with Gasteiger partial charge in [-0.1, -0.05) is 36.4 Å². The molecule has 3 aromatic carbocycles. The monoisotopic (exact) mass is 339 g/mol. The number of aryl methyl sites for hydroxylation is 2. The molecule has 0 aliphatic rings. The van der Waals surface area contributed by atoms with E-state index in [-0.39, 0.29) is 0 Å².